The summed E-state index contributed by atoms with van der Waals surface area (Å²) in [5.74, 6) is 0. The minimum absolute atomic E-state index is 0.936. The van der Waals surface area contributed by atoms with Crippen LogP contribution >= 0.6 is 11.3 Å². The summed E-state index contributed by atoms with van der Waals surface area (Å²) < 4.78 is 2.00. The molecule has 3 heterocycles. The molecule has 3 rings (SSSR count). The number of rotatable bonds is 1. The molecule has 0 amide bonds. The molecular weight excluding hydrogens is 206 g/mol. The average molecular weight is 215 g/mol. The topological polar surface area (TPSA) is 30.2 Å². The molecule has 0 aliphatic heterocycles. The lowest BCUT2D eigenvalue weighted by Crippen LogP contribution is -1.77. The van der Waals surface area contributed by atoms with Gasteiger partial charge >= 0.3 is 0 Å². The summed E-state index contributed by atoms with van der Waals surface area (Å²) in [7, 11) is 0. The first-order chi connectivity index (χ1) is 7.33. The van der Waals surface area contributed by atoms with E-state index in [0.29, 0.717) is 0 Å². The highest BCUT2D eigenvalue weighted by molar-refractivity contribution is 7.09. The molecule has 0 aliphatic carbocycles. The van der Waals surface area contributed by atoms with Crippen LogP contribution < -0.4 is 0 Å². The molecule has 0 fully saturated rings. The molecule has 0 aromatic carbocycles. The standard InChI is InChI=1S/C11H9N3S/c1-8-12-10(7-15-8)9-6-14-5-3-2-4-11(14)13-9/h2-7H,1H3. The molecule has 0 aliphatic rings. The second-order valence-corrected chi connectivity index (χ2v) is 4.41. The predicted octanol–water partition coefficient (Wildman–Crippen LogP) is 2.77. The molecule has 15 heavy (non-hydrogen) atoms. The highest BCUT2D eigenvalue weighted by Gasteiger charge is 2.06. The van der Waals surface area contributed by atoms with Gasteiger partial charge in [-0.3, -0.25) is 0 Å². The van der Waals surface area contributed by atoms with Crippen molar-refractivity contribution in [3.05, 3.63) is 41.0 Å². The molecule has 74 valence electrons. The predicted molar refractivity (Wildman–Crippen MR) is 61.0 cm³/mol. The number of nitrogens with zero attached hydrogens (tertiary/aromatic N) is 3. The molecule has 0 unspecified atom stereocenters. The fourth-order valence-corrected chi connectivity index (χ4v) is 2.15. The van der Waals surface area contributed by atoms with Crippen molar-refractivity contribution in [2.24, 2.45) is 0 Å². The molecule has 0 atom stereocenters. The minimum Gasteiger partial charge on any atom is -0.306 e. The Morgan fingerprint density at radius 2 is 2.13 bits per heavy atom. The third-order valence-electron chi connectivity index (χ3n) is 2.25. The first-order valence-corrected chi connectivity index (χ1v) is 5.57. The van der Waals surface area contributed by atoms with Gasteiger partial charge in [-0.15, -0.1) is 11.3 Å². The highest BCUT2D eigenvalue weighted by Crippen LogP contribution is 2.20. The lowest BCUT2D eigenvalue weighted by molar-refractivity contribution is 1.19. The zero-order valence-electron chi connectivity index (χ0n) is 8.21. The largest absolute Gasteiger partial charge is 0.306 e. The molecule has 3 aromatic rings. The van der Waals surface area contributed by atoms with Crippen molar-refractivity contribution >= 4 is 17.0 Å². The summed E-state index contributed by atoms with van der Waals surface area (Å²) in [4.78, 5) is 8.92. The van der Waals surface area contributed by atoms with E-state index in [4.69, 9.17) is 0 Å². The fraction of sp³-hybridized carbons (Fsp3) is 0.0909. The molecule has 3 nitrogen and oxygen atoms in total. The van der Waals surface area contributed by atoms with Crippen molar-refractivity contribution in [3.63, 3.8) is 0 Å². The van der Waals surface area contributed by atoms with E-state index in [1.54, 1.807) is 11.3 Å². The Kier molecular flexibility index (Phi) is 1.82. The van der Waals surface area contributed by atoms with E-state index in [2.05, 4.69) is 9.97 Å². The van der Waals surface area contributed by atoms with Gasteiger partial charge in [0.25, 0.3) is 0 Å². The smallest absolute Gasteiger partial charge is 0.137 e. The van der Waals surface area contributed by atoms with Crippen LogP contribution in [0.3, 0.4) is 0 Å². The zero-order valence-corrected chi connectivity index (χ0v) is 9.03. The van der Waals surface area contributed by atoms with Crippen molar-refractivity contribution in [1.82, 2.24) is 14.4 Å². The van der Waals surface area contributed by atoms with Crippen molar-refractivity contribution in [3.8, 4) is 11.4 Å². The Balaban J connectivity index is 2.19. The van der Waals surface area contributed by atoms with Gasteiger partial charge in [-0.05, 0) is 19.1 Å². The molecule has 0 N–H and O–H groups in total. The Morgan fingerprint density at radius 3 is 2.87 bits per heavy atom. The first kappa shape index (κ1) is 8.61. The van der Waals surface area contributed by atoms with E-state index in [9.17, 15) is 0 Å². The van der Waals surface area contributed by atoms with Gasteiger partial charge in [0.2, 0.25) is 0 Å². The molecular formula is C11H9N3S. The number of aromatic nitrogens is 3. The van der Waals surface area contributed by atoms with Crippen molar-refractivity contribution in [2.45, 2.75) is 6.92 Å². The third-order valence-corrected chi connectivity index (χ3v) is 3.02. The molecule has 4 heteroatoms. The van der Waals surface area contributed by atoms with Crippen LogP contribution in [0, 0.1) is 6.92 Å². The number of imidazole rings is 1. The Labute approximate surface area is 91.1 Å². The van der Waals surface area contributed by atoms with Gasteiger partial charge in [-0.2, -0.15) is 0 Å². The van der Waals surface area contributed by atoms with Crippen LogP contribution in [0.4, 0.5) is 0 Å². The van der Waals surface area contributed by atoms with Gasteiger partial charge in [-0.1, -0.05) is 6.07 Å². The quantitative estimate of drug-likeness (QED) is 0.624. The summed E-state index contributed by atoms with van der Waals surface area (Å²) in [6.07, 6.45) is 3.99. The fourth-order valence-electron chi connectivity index (χ4n) is 1.54. The van der Waals surface area contributed by atoms with Gasteiger partial charge in [0.05, 0.1) is 5.01 Å². The zero-order chi connectivity index (χ0) is 10.3. The van der Waals surface area contributed by atoms with E-state index >= 15 is 0 Å². The number of fused-ring (bicyclic) bond motifs is 1. The van der Waals surface area contributed by atoms with Gasteiger partial charge in [0.15, 0.2) is 0 Å². The van der Waals surface area contributed by atoms with E-state index in [-0.39, 0.29) is 0 Å². The molecule has 0 saturated carbocycles. The number of hydrogen-bond donors (Lipinski definition) is 0. The third kappa shape index (κ3) is 1.43. The maximum absolute atomic E-state index is 4.50. The van der Waals surface area contributed by atoms with Crippen LogP contribution in [0.5, 0.6) is 0 Å². The number of hydrogen-bond acceptors (Lipinski definition) is 3. The van der Waals surface area contributed by atoms with Crippen molar-refractivity contribution < 1.29 is 0 Å². The maximum atomic E-state index is 4.50. The lowest BCUT2D eigenvalue weighted by atomic mass is 10.4. The minimum atomic E-state index is 0.936. The van der Waals surface area contributed by atoms with Crippen LogP contribution in [-0.4, -0.2) is 14.4 Å². The Morgan fingerprint density at radius 1 is 1.20 bits per heavy atom. The van der Waals surface area contributed by atoms with Gasteiger partial charge in [-0.25, -0.2) is 9.97 Å². The van der Waals surface area contributed by atoms with E-state index in [0.717, 1.165) is 22.0 Å². The molecule has 0 bridgehead atoms. The summed E-state index contributed by atoms with van der Waals surface area (Å²) in [6, 6.07) is 5.96. The van der Waals surface area contributed by atoms with Crippen LogP contribution in [0.15, 0.2) is 36.0 Å². The van der Waals surface area contributed by atoms with Crippen molar-refractivity contribution in [2.75, 3.05) is 0 Å². The summed E-state index contributed by atoms with van der Waals surface area (Å²) in [5, 5.41) is 3.11. The van der Waals surface area contributed by atoms with E-state index in [1.807, 2.05) is 47.3 Å². The number of aryl methyl sites for hydroxylation is 1. The van der Waals surface area contributed by atoms with E-state index < -0.39 is 0 Å². The molecule has 0 radical (unpaired) electrons. The summed E-state index contributed by atoms with van der Waals surface area (Å²) in [5.41, 5.74) is 2.85. The Hall–Kier alpha value is -1.68. The number of pyridine rings is 1. The summed E-state index contributed by atoms with van der Waals surface area (Å²) >= 11 is 1.65. The molecule has 0 spiro atoms. The van der Waals surface area contributed by atoms with Gasteiger partial charge < -0.3 is 4.40 Å². The second-order valence-electron chi connectivity index (χ2n) is 3.34. The second kappa shape index (κ2) is 3.17. The summed E-state index contributed by atoms with van der Waals surface area (Å²) in [6.45, 7) is 2.00. The average Bonchev–Trinajstić information content (AvgIpc) is 2.82. The van der Waals surface area contributed by atoms with Crippen LogP contribution in [-0.2, 0) is 0 Å². The van der Waals surface area contributed by atoms with E-state index in [1.165, 1.54) is 0 Å². The van der Waals surface area contributed by atoms with Crippen molar-refractivity contribution in [1.29, 1.82) is 0 Å². The van der Waals surface area contributed by atoms with Gasteiger partial charge in [0.1, 0.15) is 17.0 Å². The monoisotopic (exact) mass is 215 g/mol. The maximum Gasteiger partial charge on any atom is 0.137 e. The van der Waals surface area contributed by atoms with Crippen LogP contribution in [0.25, 0.3) is 17.0 Å². The Bertz CT molecular complexity index is 576. The van der Waals surface area contributed by atoms with Crippen LogP contribution in [0.1, 0.15) is 5.01 Å². The molecule has 3 aromatic heterocycles. The van der Waals surface area contributed by atoms with Crippen LogP contribution in [0.2, 0.25) is 0 Å². The number of thiazole rings is 1. The highest BCUT2D eigenvalue weighted by atomic mass is 32.1. The SMILES string of the molecule is Cc1nc(-c2cn3ccccc3n2)cs1. The normalized spacial score (nSPS) is 11.0. The first-order valence-electron chi connectivity index (χ1n) is 4.69. The van der Waals surface area contributed by atoms with Gasteiger partial charge in [0, 0.05) is 17.8 Å². The molecule has 0 saturated heterocycles. The lowest BCUT2D eigenvalue weighted by Gasteiger charge is -1.86.